The van der Waals surface area contributed by atoms with Crippen LogP contribution in [0.5, 0.6) is 5.75 Å². The summed E-state index contributed by atoms with van der Waals surface area (Å²) in [5.74, 6) is 1.81. The van der Waals surface area contributed by atoms with Crippen molar-refractivity contribution in [3.05, 3.63) is 28.7 Å². The van der Waals surface area contributed by atoms with Crippen LogP contribution in [0.25, 0.3) is 0 Å². The van der Waals surface area contributed by atoms with Gasteiger partial charge in [-0.25, -0.2) is 0 Å². The van der Waals surface area contributed by atoms with Crippen molar-refractivity contribution in [3.8, 4) is 5.75 Å². The SMILES string of the molecule is Brc1ccccc1OCCCC1CCCNC1. The van der Waals surface area contributed by atoms with E-state index in [0.717, 1.165) is 29.2 Å². The van der Waals surface area contributed by atoms with Crippen LogP contribution in [0.15, 0.2) is 28.7 Å². The van der Waals surface area contributed by atoms with E-state index in [-0.39, 0.29) is 0 Å². The molecule has 1 N–H and O–H groups in total. The average molecular weight is 298 g/mol. The highest BCUT2D eigenvalue weighted by Crippen LogP contribution is 2.24. The summed E-state index contributed by atoms with van der Waals surface area (Å²) in [5, 5.41) is 3.45. The van der Waals surface area contributed by atoms with E-state index in [4.69, 9.17) is 4.74 Å². The molecule has 1 unspecified atom stereocenters. The lowest BCUT2D eigenvalue weighted by Crippen LogP contribution is -2.29. The van der Waals surface area contributed by atoms with Crippen molar-refractivity contribution >= 4 is 15.9 Å². The smallest absolute Gasteiger partial charge is 0.133 e. The third kappa shape index (κ3) is 4.32. The van der Waals surface area contributed by atoms with Crippen LogP contribution >= 0.6 is 15.9 Å². The van der Waals surface area contributed by atoms with E-state index in [0.29, 0.717) is 0 Å². The number of ether oxygens (including phenoxy) is 1. The number of para-hydroxylation sites is 1. The van der Waals surface area contributed by atoms with Crippen LogP contribution in [-0.2, 0) is 0 Å². The zero-order valence-electron chi connectivity index (χ0n) is 10.1. The molecule has 1 aliphatic rings. The predicted molar refractivity (Wildman–Crippen MR) is 74.5 cm³/mol. The van der Waals surface area contributed by atoms with E-state index in [1.807, 2.05) is 24.3 Å². The quantitative estimate of drug-likeness (QED) is 0.839. The molecule has 1 saturated heterocycles. The number of benzene rings is 1. The summed E-state index contributed by atoms with van der Waals surface area (Å²) in [4.78, 5) is 0. The van der Waals surface area contributed by atoms with Crippen LogP contribution in [0.2, 0.25) is 0 Å². The first kappa shape index (κ1) is 12.9. The van der Waals surface area contributed by atoms with Crippen molar-refractivity contribution in [3.63, 3.8) is 0 Å². The van der Waals surface area contributed by atoms with Gasteiger partial charge in [-0.1, -0.05) is 12.1 Å². The van der Waals surface area contributed by atoms with E-state index in [9.17, 15) is 0 Å². The zero-order chi connectivity index (χ0) is 11.9. The maximum Gasteiger partial charge on any atom is 0.133 e. The van der Waals surface area contributed by atoms with Gasteiger partial charge >= 0.3 is 0 Å². The highest BCUT2D eigenvalue weighted by molar-refractivity contribution is 9.10. The van der Waals surface area contributed by atoms with Gasteiger partial charge < -0.3 is 10.1 Å². The molecule has 1 aromatic rings. The van der Waals surface area contributed by atoms with Gasteiger partial charge in [0.05, 0.1) is 11.1 Å². The second kappa shape index (κ2) is 7.02. The predicted octanol–water partition coefficient (Wildman–Crippen LogP) is 3.61. The molecule has 17 heavy (non-hydrogen) atoms. The Labute approximate surface area is 112 Å². The minimum absolute atomic E-state index is 0.819. The molecule has 94 valence electrons. The summed E-state index contributed by atoms with van der Waals surface area (Å²) in [6.07, 6.45) is 5.13. The highest BCUT2D eigenvalue weighted by atomic mass is 79.9. The fourth-order valence-corrected chi connectivity index (χ4v) is 2.69. The Morgan fingerprint density at radius 2 is 2.24 bits per heavy atom. The Hall–Kier alpha value is -0.540. The monoisotopic (exact) mass is 297 g/mol. The van der Waals surface area contributed by atoms with E-state index in [2.05, 4.69) is 21.2 Å². The fourth-order valence-electron chi connectivity index (χ4n) is 2.29. The molecule has 3 heteroatoms. The number of piperidine rings is 1. The van der Waals surface area contributed by atoms with Crippen molar-refractivity contribution in [2.75, 3.05) is 19.7 Å². The minimum Gasteiger partial charge on any atom is -0.492 e. The molecule has 1 aliphatic heterocycles. The Bertz CT molecular complexity index is 337. The summed E-state index contributed by atoms with van der Waals surface area (Å²) in [5.41, 5.74) is 0. The van der Waals surface area contributed by atoms with Crippen molar-refractivity contribution in [1.29, 1.82) is 0 Å². The van der Waals surface area contributed by atoms with Gasteiger partial charge in [0, 0.05) is 0 Å². The summed E-state index contributed by atoms with van der Waals surface area (Å²) >= 11 is 3.49. The summed E-state index contributed by atoms with van der Waals surface area (Å²) in [6.45, 7) is 3.21. The Balaban J connectivity index is 1.64. The third-order valence-electron chi connectivity index (χ3n) is 3.25. The molecule has 2 rings (SSSR count). The molecule has 2 nitrogen and oxygen atoms in total. The molecule has 0 radical (unpaired) electrons. The number of halogens is 1. The molecule has 1 heterocycles. The molecule has 1 atom stereocenters. The van der Waals surface area contributed by atoms with E-state index >= 15 is 0 Å². The average Bonchev–Trinajstić information content (AvgIpc) is 2.38. The normalized spacial score (nSPS) is 20.2. The number of rotatable bonds is 5. The second-order valence-corrected chi connectivity index (χ2v) is 5.49. The van der Waals surface area contributed by atoms with Crippen LogP contribution in [0.1, 0.15) is 25.7 Å². The lowest BCUT2D eigenvalue weighted by molar-refractivity contribution is 0.274. The molecular weight excluding hydrogens is 278 g/mol. The van der Waals surface area contributed by atoms with Gasteiger partial charge in [0.2, 0.25) is 0 Å². The fraction of sp³-hybridized carbons (Fsp3) is 0.571. The number of nitrogens with one attached hydrogen (secondary N) is 1. The molecule has 0 bridgehead atoms. The zero-order valence-corrected chi connectivity index (χ0v) is 11.7. The highest BCUT2D eigenvalue weighted by Gasteiger charge is 2.12. The Morgan fingerprint density at radius 1 is 1.35 bits per heavy atom. The molecule has 0 amide bonds. The Morgan fingerprint density at radius 3 is 3.00 bits per heavy atom. The van der Waals surface area contributed by atoms with Crippen molar-refractivity contribution < 1.29 is 4.74 Å². The minimum atomic E-state index is 0.819. The first-order chi connectivity index (χ1) is 8.36. The molecule has 0 aromatic heterocycles. The largest absolute Gasteiger partial charge is 0.492 e. The standard InChI is InChI=1S/C14H20BrNO/c15-13-7-1-2-8-14(13)17-10-4-6-12-5-3-9-16-11-12/h1-2,7-8,12,16H,3-6,9-11H2. The van der Waals surface area contributed by atoms with Gasteiger partial charge in [-0.3, -0.25) is 0 Å². The van der Waals surface area contributed by atoms with Crippen LogP contribution in [0.4, 0.5) is 0 Å². The van der Waals surface area contributed by atoms with Crippen LogP contribution in [0, 0.1) is 5.92 Å². The van der Waals surface area contributed by atoms with Crippen LogP contribution in [0.3, 0.4) is 0 Å². The molecule has 0 aliphatic carbocycles. The second-order valence-electron chi connectivity index (χ2n) is 4.63. The van der Waals surface area contributed by atoms with Gasteiger partial charge in [-0.05, 0) is 72.8 Å². The Kier molecular flexibility index (Phi) is 5.33. The van der Waals surface area contributed by atoms with Gasteiger partial charge in [-0.15, -0.1) is 0 Å². The first-order valence-corrected chi connectivity index (χ1v) is 7.23. The molecule has 0 saturated carbocycles. The van der Waals surface area contributed by atoms with Gasteiger partial charge in [0.25, 0.3) is 0 Å². The lowest BCUT2D eigenvalue weighted by atomic mass is 9.95. The number of hydrogen-bond acceptors (Lipinski definition) is 2. The molecule has 0 spiro atoms. The van der Waals surface area contributed by atoms with Crippen molar-refractivity contribution in [1.82, 2.24) is 5.32 Å². The summed E-state index contributed by atoms with van der Waals surface area (Å²) < 4.78 is 6.80. The van der Waals surface area contributed by atoms with Crippen molar-refractivity contribution in [2.24, 2.45) is 5.92 Å². The van der Waals surface area contributed by atoms with E-state index in [1.54, 1.807) is 0 Å². The van der Waals surface area contributed by atoms with Gasteiger partial charge in [-0.2, -0.15) is 0 Å². The van der Waals surface area contributed by atoms with Gasteiger partial charge in [0.15, 0.2) is 0 Å². The summed E-state index contributed by atoms with van der Waals surface area (Å²) in [7, 11) is 0. The van der Waals surface area contributed by atoms with Crippen LogP contribution in [-0.4, -0.2) is 19.7 Å². The van der Waals surface area contributed by atoms with E-state index in [1.165, 1.54) is 32.4 Å². The molecule has 1 aromatic carbocycles. The van der Waals surface area contributed by atoms with Crippen LogP contribution < -0.4 is 10.1 Å². The molecular formula is C14H20BrNO. The lowest BCUT2D eigenvalue weighted by Gasteiger charge is -2.22. The topological polar surface area (TPSA) is 21.3 Å². The maximum absolute atomic E-state index is 5.76. The first-order valence-electron chi connectivity index (χ1n) is 6.44. The number of hydrogen-bond donors (Lipinski definition) is 1. The third-order valence-corrected chi connectivity index (χ3v) is 3.90. The summed E-state index contributed by atoms with van der Waals surface area (Å²) in [6, 6.07) is 8.03. The van der Waals surface area contributed by atoms with Gasteiger partial charge in [0.1, 0.15) is 5.75 Å². The molecule has 1 fully saturated rings. The maximum atomic E-state index is 5.76. The van der Waals surface area contributed by atoms with Crippen molar-refractivity contribution in [2.45, 2.75) is 25.7 Å². The van der Waals surface area contributed by atoms with E-state index < -0.39 is 0 Å².